The lowest BCUT2D eigenvalue weighted by Gasteiger charge is -2.28. The second-order valence-electron chi connectivity index (χ2n) is 6.71. The summed E-state index contributed by atoms with van der Waals surface area (Å²) in [7, 11) is 0. The quantitative estimate of drug-likeness (QED) is 0.918. The molecule has 0 spiro atoms. The molecule has 4 nitrogen and oxygen atoms in total. The van der Waals surface area contributed by atoms with Crippen molar-refractivity contribution in [1.82, 2.24) is 5.32 Å². The highest BCUT2D eigenvalue weighted by atomic mass is 19.4. The van der Waals surface area contributed by atoms with Crippen molar-refractivity contribution in [2.45, 2.75) is 50.7 Å². The molecule has 7 heteroatoms. The molecule has 2 heterocycles. The predicted molar refractivity (Wildman–Crippen MR) is 83.3 cm³/mol. The van der Waals surface area contributed by atoms with Crippen molar-refractivity contribution in [2.75, 3.05) is 18.0 Å². The number of piperidine rings is 1. The van der Waals surface area contributed by atoms with Crippen LogP contribution in [0.4, 0.5) is 19.0 Å². The van der Waals surface area contributed by atoms with Crippen LogP contribution >= 0.6 is 0 Å². The molecular formula is C17H23F3N3O+. The molecule has 2 aliphatic rings. The Morgan fingerprint density at radius 2 is 1.79 bits per heavy atom. The highest BCUT2D eigenvalue weighted by molar-refractivity contribution is 5.79. The second-order valence-corrected chi connectivity index (χ2v) is 6.71. The molecule has 2 fully saturated rings. The van der Waals surface area contributed by atoms with Crippen molar-refractivity contribution >= 4 is 11.7 Å². The highest BCUT2D eigenvalue weighted by Crippen LogP contribution is 2.29. The Morgan fingerprint density at radius 1 is 1.12 bits per heavy atom. The Morgan fingerprint density at radius 3 is 2.33 bits per heavy atom. The number of hydrogen-bond acceptors (Lipinski definition) is 2. The summed E-state index contributed by atoms with van der Waals surface area (Å²) in [5.41, 5.74) is -0.683. The summed E-state index contributed by atoms with van der Waals surface area (Å²) in [4.78, 5) is 17.0. The number of halogens is 3. The number of alkyl halides is 3. The van der Waals surface area contributed by atoms with Crippen LogP contribution in [0.25, 0.3) is 0 Å². The van der Waals surface area contributed by atoms with Gasteiger partial charge in [-0.15, -0.1) is 0 Å². The van der Waals surface area contributed by atoms with Gasteiger partial charge < -0.3 is 5.32 Å². The van der Waals surface area contributed by atoms with Crippen LogP contribution in [0.15, 0.2) is 18.3 Å². The standard InChI is InChI=1S/C17H22F3N3O/c18-17(19,20)13-5-6-15(21-11-13)23-9-7-12(8-10-23)16(24)22-14-3-1-2-4-14/h5-6,11-12,14H,1-4,7-10H2,(H,22,24)/p+1. The van der Waals surface area contributed by atoms with Crippen molar-refractivity contribution in [3.05, 3.63) is 23.9 Å². The van der Waals surface area contributed by atoms with Crippen LogP contribution < -0.4 is 15.2 Å². The Balaban J connectivity index is 1.52. The Kier molecular flexibility index (Phi) is 4.96. The van der Waals surface area contributed by atoms with Gasteiger partial charge in [-0.2, -0.15) is 13.2 Å². The molecule has 1 aromatic heterocycles. The van der Waals surface area contributed by atoms with Gasteiger partial charge in [-0.3, -0.25) is 9.69 Å². The minimum atomic E-state index is -4.33. The molecule has 0 bridgehead atoms. The number of nitrogens with one attached hydrogen (secondary N) is 2. The van der Waals surface area contributed by atoms with Gasteiger partial charge in [0.15, 0.2) is 0 Å². The Bertz CT molecular complexity index is 559. The summed E-state index contributed by atoms with van der Waals surface area (Å²) in [6, 6.07) is 2.88. The first-order valence-electron chi connectivity index (χ1n) is 8.58. The third-order valence-electron chi connectivity index (χ3n) is 5.03. The average Bonchev–Trinajstić information content (AvgIpc) is 3.07. The smallest absolute Gasteiger partial charge is 0.353 e. The van der Waals surface area contributed by atoms with Gasteiger partial charge in [-0.1, -0.05) is 12.8 Å². The zero-order chi connectivity index (χ0) is 17.2. The number of nitrogens with zero attached hydrogens (tertiary/aromatic N) is 1. The molecule has 132 valence electrons. The zero-order valence-corrected chi connectivity index (χ0v) is 13.5. The van der Waals surface area contributed by atoms with E-state index in [9.17, 15) is 18.0 Å². The molecule has 1 amide bonds. The molecule has 0 unspecified atom stereocenters. The summed E-state index contributed by atoms with van der Waals surface area (Å²) >= 11 is 0. The van der Waals surface area contributed by atoms with Crippen molar-refractivity contribution < 1.29 is 22.9 Å². The van der Waals surface area contributed by atoms with Gasteiger partial charge in [0.2, 0.25) is 5.91 Å². The number of carbonyl (C=O) groups excluding carboxylic acids is 1. The first-order chi connectivity index (χ1) is 11.4. The number of hydrogen-bond donors (Lipinski definition) is 1. The Hall–Kier alpha value is -1.79. The fourth-order valence-electron chi connectivity index (χ4n) is 3.56. The Labute approximate surface area is 139 Å². The van der Waals surface area contributed by atoms with Gasteiger partial charge in [0.05, 0.1) is 18.7 Å². The number of aromatic nitrogens is 1. The highest BCUT2D eigenvalue weighted by Gasteiger charge is 2.34. The molecule has 1 saturated carbocycles. The number of carbonyl (C=O) groups is 1. The molecule has 1 aromatic rings. The largest absolute Gasteiger partial charge is 0.419 e. The molecule has 1 saturated heterocycles. The van der Waals surface area contributed by atoms with E-state index in [1.165, 1.54) is 18.9 Å². The number of pyridine rings is 1. The van der Waals surface area contributed by atoms with Gasteiger partial charge in [0.1, 0.15) is 6.20 Å². The first-order valence-corrected chi connectivity index (χ1v) is 8.58. The fourth-order valence-corrected chi connectivity index (χ4v) is 3.56. The van der Waals surface area contributed by atoms with Crippen molar-refractivity contribution in [3.63, 3.8) is 0 Å². The van der Waals surface area contributed by atoms with Crippen LogP contribution in [0.2, 0.25) is 0 Å². The van der Waals surface area contributed by atoms with E-state index in [2.05, 4.69) is 10.3 Å². The number of H-pyrrole nitrogens is 1. The number of amides is 1. The topological polar surface area (TPSA) is 46.5 Å². The van der Waals surface area contributed by atoms with Crippen molar-refractivity contribution in [1.29, 1.82) is 0 Å². The lowest BCUT2D eigenvalue weighted by Crippen LogP contribution is -2.44. The van der Waals surface area contributed by atoms with E-state index in [-0.39, 0.29) is 11.8 Å². The fraction of sp³-hybridized carbons (Fsp3) is 0.647. The van der Waals surface area contributed by atoms with Gasteiger partial charge >= 0.3 is 6.18 Å². The molecular weight excluding hydrogens is 319 g/mol. The third-order valence-corrected chi connectivity index (χ3v) is 5.03. The van der Waals surface area contributed by atoms with Crippen LogP contribution in [0, 0.1) is 5.92 Å². The van der Waals surface area contributed by atoms with E-state index in [1.807, 2.05) is 4.90 Å². The average molecular weight is 342 g/mol. The van der Waals surface area contributed by atoms with Gasteiger partial charge in [0.25, 0.3) is 5.82 Å². The molecule has 1 aliphatic carbocycles. The summed E-state index contributed by atoms with van der Waals surface area (Å²) < 4.78 is 37.8. The summed E-state index contributed by atoms with van der Waals surface area (Å²) in [6.07, 6.45) is 2.64. The maximum atomic E-state index is 12.6. The zero-order valence-electron chi connectivity index (χ0n) is 13.5. The first kappa shape index (κ1) is 17.0. The van der Waals surface area contributed by atoms with E-state index in [1.54, 1.807) is 0 Å². The summed E-state index contributed by atoms with van der Waals surface area (Å²) in [6.45, 7) is 1.34. The predicted octanol–water partition coefficient (Wildman–Crippen LogP) is 2.79. The van der Waals surface area contributed by atoms with Gasteiger partial charge in [-0.25, -0.2) is 4.98 Å². The van der Waals surface area contributed by atoms with Gasteiger partial charge in [-0.05, 0) is 31.7 Å². The lowest BCUT2D eigenvalue weighted by atomic mass is 9.95. The van der Waals surface area contributed by atoms with Crippen LogP contribution in [0.5, 0.6) is 0 Å². The minimum Gasteiger partial charge on any atom is -0.353 e. The molecule has 2 N–H and O–H groups in total. The maximum Gasteiger partial charge on any atom is 0.419 e. The number of aromatic amines is 1. The van der Waals surface area contributed by atoms with Crippen molar-refractivity contribution in [2.24, 2.45) is 5.92 Å². The van der Waals surface area contributed by atoms with Crippen molar-refractivity contribution in [3.8, 4) is 0 Å². The molecule has 0 radical (unpaired) electrons. The monoisotopic (exact) mass is 342 g/mol. The number of rotatable bonds is 3. The molecule has 3 rings (SSSR count). The second kappa shape index (κ2) is 6.99. The molecule has 0 aromatic carbocycles. The normalized spacial score (nSPS) is 20.4. The maximum absolute atomic E-state index is 12.6. The third kappa shape index (κ3) is 3.99. The van der Waals surface area contributed by atoms with E-state index in [0.29, 0.717) is 24.9 Å². The van der Waals surface area contributed by atoms with E-state index < -0.39 is 11.7 Å². The lowest BCUT2D eigenvalue weighted by molar-refractivity contribution is -0.367. The number of anilines is 1. The molecule has 0 atom stereocenters. The summed E-state index contributed by atoms with van der Waals surface area (Å²) in [5.74, 6) is 0.812. The molecule has 24 heavy (non-hydrogen) atoms. The van der Waals surface area contributed by atoms with Crippen LogP contribution in [-0.2, 0) is 11.0 Å². The van der Waals surface area contributed by atoms with E-state index in [4.69, 9.17) is 0 Å². The van der Waals surface area contributed by atoms with Crippen LogP contribution in [-0.4, -0.2) is 25.0 Å². The van der Waals surface area contributed by atoms with Crippen LogP contribution in [0.1, 0.15) is 44.1 Å². The minimum absolute atomic E-state index is 0.0105. The van der Waals surface area contributed by atoms with Gasteiger partial charge in [0, 0.05) is 18.0 Å². The SMILES string of the molecule is O=C(NC1CCCC1)C1CCN(c2ccc(C(F)(F)F)c[nH+]2)CC1. The van der Waals surface area contributed by atoms with E-state index in [0.717, 1.165) is 37.9 Å². The van der Waals surface area contributed by atoms with Crippen LogP contribution in [0.3, 0.4) is 0 Å². The van der Waals surface area contributed by atoms with E-state index >= 15 is 0 Å². The summed E-state index contributed by atoms with van der Waals surface area (Å²) in [5, 5.41) is 3.14. The molecule has 1 aliphatic heterocycles.